The third-order valence-corrected chi connectivity index (χ3v) is 2.51. The molecule has 0 spiro atoms. The minimum Gasteiger partial charge on any atom is -0.382 e. The highest BCUT2D eigenvalue weighted by molar-refractivity contribution is 9.12. The van der Waals surface area contributed by atoms with Crippen molar-refractivity contribution in [3.8, 4) is 0 Å². The van der Waals surface area contributed by atoms with Crippen molar-refractivity contribution in [2.75, 3.05) is 14.1 Å². The number of hydrogen-bond donors (Lipinski definition) is 0. The molecule has 0 atom stereocenters. The molecule has 0 aliphatic carbocycles. The third kappa shape index (κ3) is 3.68. The zero-order chi connectivity index (χ0) is 11.4. The second-order valence-electron chi connectivity index (χ2n) is 3.28. The first-order chi connectivity index (χ1) is 7.00. The van der Waals surface area contributed by atoms with Gasteiger partial charge in [-0.15, -0.1) is 0 Å². The minimum atomic E-state index is -0.0552. The van der Waals surface area contributed by atoms with Gasteiger partial charge >= 0.3 is 0 Å². The van der Waals surface area contributed by atoms with E-state index in [2.05, 4.69) is 15.9 Å². The summed E-state index contributed by atoms with van der Waals surface area (Å²) in [6.07, 6.45) is 1.72. The highest BCUT2D eigenvalue weighted by atomic mass is 79.9. The third-order valence-electron chi connectivity index (χ3n) is 1.69. The van der Waals surface area contributed by atoms with Crippen LogP contribution in [0.25, 0.3) is 0 Å². The fraction of sp³-hybridized carbons (Fsp3) is 0.182. The van der Waals surface area contributed by atoms with Crippen molar-refractivity contribution in [3.05, 3.63) is 45.5 Å². The molecule has 0 radical (unpaired) electrons. The van der Waals surface area contributed by atoms with Crippen LogP contribution < -0.4 is 0 Å². The largest absolute Gasteiger partial charge is 0.382 e. The fourth-order valence-electron chi connectivity index (χ4n) is 1.02. The lowest BCUT2D eigenvalue weighted by atomic mass is 10.1. The molecule has 4 heteroatoms. The van der Waals surface area contributed by atoms with Crippen molar-refractivity contribution >= 4 is 33.3 Å². The van der Waals surface area contributed by atoms with Gasteiger partial charge in [-0.2, -0.15) is 0 Å². The lowest BCUT2D eigenvalue weighted by Gasteiger charge is -2.06. The van der Waals surface area contributed by atoms with E-state index in [4.69, 9.17) is 11.6 Å². The van der Waals surface area contributed by atoms with Gasteiger partial charge in [0, 0.05) is 30.9 Å². The number of rotatable bonds is 3. The minimum absolute atomic E-state index is 0.0552. The van der Waals surface area contributed by atoms with Crippen LogP contribution in [0.2, 0.25) is 5.02 Å². The topological polar surface area (TPSA) is 20.3 Å². The van der Waals surface area contributed by atoms with Gasteiger partial charge in [0.15, 0.2) is 0 Å². The number of ketones is 1. The molecular weight excluding hydrogens is 277 g/mol. The molecule has 0 fully saturated rings. The Labute approximate surface area is 103 Å². The quantitative estimate of drug-likeness (QED) is 0.628. The van der Waals surface area contributed by atoms with Crippen LogP contribution in [-0.4, -0.2) is 24.8 Å². The molecule has 0 saturated heterocycles. The van der Waals surface area contributed by atoms with Crippen LogP contribution >= 0.6 is 27.5 Å². The van der Waals surface area contributed by atoms with Gasteiger partial charge in [0.25, 0.3) is 0 Å². The molecule has 0 heterocycles. The first-order valence-corrected chi connectivity index (χ1v) is 5.52. The Balaban J connectivity index is 2.90. The van der Waals surface area contributed by atoms with Crippen molar-refractivity contribution in [1.29, 1.82) is 0 Å². The molecule has 0 aliphatic heterocycles. The van der Waals surface area contributed by atoms with Crippen molar-refractivity contribution in [3.63, 3.8) is 0 Å². The lowest BCUT2D eigenvalue weighted by molar-refractivity contribution is 0.104. The van der Waals surface area contributed by atoms with E-state index in [0.717, 1.165) is 0 Å². The summed E-state index contributed by atoms with van der Waals surface area (Å²) < 4.78 is 0.523. The maximum atomic E-state index is 11.8. The van der Waals surface area contributed by atoms with Gasteiger partial charge < -0.3 is 4.90 Å². The van der Waals surface area contributed by atoms with Crippen LogP contribution in [0.5, 0.6) is 0 Å². The van der Waals surface area contributed by atoms with Crippen LogP contribution in [0.15, 0.2) is 34.9 Å². The smallest absolute Gasteiger partial charge is 0.201 e. The van der Waals surface area contributed by atoms with Crippen molar-refractivity contribution in [2.24, 2.45) is 0 Å². The Morgan fingerprint density at radius 2 is 1.87 bits per heavy atom. The fourth-order valence-corrected chi connectivity index (χ4v) is 1.79. The number of carbonyl (C=O) groups is 1. The Morgan fingerprint density at radius 3 is 2.33 bits per heavy atom. The Morgan fingerprint density at radius 1 is 1.33 bits per heavy atom. The standard InChI is InChI=1S/C11H11BrClNO/c1-14(2)7-10(12)11(15)8-3-5-9(13)6-4-8/h3-7H,1-2H3. The SMILES string of the molecule is CN(C)C=C(Br)C(=O)c1ccc(Cl)cc1. The zero-order valence-electron chi connectivity index (χ0n) is 8.50. The van der Waals surface area contributed by atoms with E-state index < -0.39 is 0 Å². The summed E-state index contributed by atoms with van der Waals surface area (Å²) in [5, 5.41) is 0.624. The lowest BCUT2D eigenvalue weighted by Crippen LogP contribution is -2.06. The first-order valence-electron chi connectivity index (χ1n) is 4.34. The van der Waals surface area contributed by atoms with Crippen LogP contribution in [0.1, 0.15) is 10.4 Å². The highest BCUT2D eigenvalue weighted by Crippen LogP contribution is 2.16. The Bertz CT molecular complexity index is 384. The van der Waals surface area contributed by atoms with Gasteiger partial charge in [0.05, 0.1) is 4.48 Å². The average Bonchev–Trinajstić information content (AvgIpc) is 2.17. The monoisotopic (exact) mass is 287 g/mol. The van der Waals surface area contributed by atoms with E-state index in [1.165, 1.54) is 0 Å². The van der Waals surface area contributed by atoms with Gasteiger partial charge in [-0.3, -0.25) is 4.79 Å². The van der Waals surface area contributed by atoms with Gasteiger partial charge in [-0.05, 0) is 40.2 Å². The van der Waals surface area contributed by atoms with Crippen molar-refractivity contribution in [1.82, 2.24) is 4.90 Å². The van der Waals surface area contributed by atoms with Gasteiger partial charge in [-0.25, -0.2) is 0 Å². The van der Waals surface area contributed by atoms with E-state index in [0.29, 0.717) is 15.1 Å². The summed E-state index contributed by atoms with van der Waals surface area (Å²) in [4.78, 5) is 13.6. The predicted molar refractivity (Wildman–Crippen MR) is 66.5 cm³/mol. The Hall–Kier alpha value is -0.800. The second kappa shape index (κ2) is 5.33. The molecule has 1 aromatic carbocycles. The molecule has 0 saturated carbocycles. The molecule has 2 nitrogen and oxygen atoms in total. The Kier molecular flexibility index (Phi) is 4.36. The van der Waals surface area contributed by atoms with Gasteiger partial charge in [-0.1, -0.05) is 11.6 Å². The molecular formula is C11H11BrClNO. The van der Waals surface area contributed by atoms with Crippen molar-refractivity contribution < 1.29 is 4.79 Å². The summed E-state index contributed by atoms with van der Waals surface area (Å²) >= 11 is 8.97. The molecule has 0 bridgehead atoms. The molecule has 1 aromatic rings. The van der Waals surface area contributed by atoms with Gasteiger partial charge in [0.2, 0.25) is 5.78 Å². The number of Topliss-reactive ketones (excluding diaryl/α,β-unsaturated/α-hetero) is 1. The van der Waals surface area contributed by atoms with Crippen LogP contribution in [0, 0.1) is 0 Å². The molecule has 0 amide bonds. The average molecular weight is 289 g/mol. The number of benzene rings is 1. The molecule has 0 N–H and O–H groups in total. The second-order valence-corrected chi connectivity index (χ2v) is 4.57. The summed E-state index contributed by atoms with van der Waals surface area (Å²) in [5.74, 6) is -0.0552. The molecule has 80 valence electrons. The van der Waals surface area contributed by atoms with Gasteiger partial charge in [0.1, 0.15) is 0 Å². The number of nitrogens with zero attached hydrogens (tertiary/aromatic N) is 1. The van der Waals surface area contributed by atoms with Crippen LogP contribution in [0.3, 0.4) is 0 Å². The maximum Gasteiger partial charge on any atom is 0.201 e. The number of allylic oxidation sites excluding steroid dienone is 1. The summed E-state index contributed by atoms with van der Waals surface area (Å²) in [5.41, 5.74) is 0.615. The van der Waals surface area contributed by atoms with E-state index in [9.17, 15) is 4.79 Å². The number of carbonyl (C=O) groups excluding carboxylic acids is 1. The highest BCUT2D eigenvalue weighted by Gasteiger charge is 2.09. The maximum absolute atomic E-state index is 11.8. The number of halogens is 2. The molecule has 1 rings (SSSR count). The van der Waals surface area contributed by atoms with Crippen LogP contribution in [0.4, 0.5) is 0 Å². The van der Waals surface area contributed by atoms with E-state index in [-0.39, 0.29) is 5.78 Å². The normalized spacial score (nSPS) is 11.3. The molecule has 0 aromatic heterocycles. The van der Waals surface area contributed by atoms with E-state index in [1.807, 2.05) is 14.1 Å². The number of hydrogen-bond acceptors (Lipinski definition) is 2. The summed E-state index contributed by atoms with van der Waals surface area (Å²) in [6, 6.07) is 6.81. The molecule has 15 heavy (non-hydrogen) atoms. The van der Waals surface area contributed by atoms with E-state index in [1.54, 1.807) is 35.4 Å². The van der Waals surface area contributed by atoms with Crippen LogP contribution in [-0.2, 0) is 0 Å². The molecule has 0 aliphatic rings. The molecule has 0 unspecified atom stereocenters. The van der Waals surface area contributed by atoms with Crippen molar-refractivity contribution in [2.45, 2.75) is 0 Å². The zero-order valence-corrected chi connectivity index (χ0v) is 10.8. The van der Waals surface area contributed by atoms with E-state index >= 15 is 0 Å². The summed E-state index contributed by atoms with van der Waals surface area (Å²) in [6.45, 7) is 0. The first kappa shape index (κ1) is 12.3. The summed E-state index contributed by atoms with van der Waals surface area (Å²) in [7, 11) is 3.72. The predicted octanol–water partition coefficient (Wildman–Crippen LogP) is 3.32.